The Morgan fingerprint density at radius 3 is 2.59 bits per heavy atom. The van der Waals surface area contributed by atoms with Crippen molar-refractivity contribution >= 4 is 39.3 Å². The number of aromatic nitrogens is 3. The lowest BCUT2D eigenvalue weighted by molar-refractivity contribution is 0.0713. The SMILES string of the molecule is O=C(c1ccc(Br)o1)N1CCN(c2cc(Nc3ccccn3)ncn2)CC1. The molecule has 1 aliphatic rings. The number of nitrogens with one attached hydrogen (secondary N) is 1. The highest BCUT2D eigenvalue weighted by Crippen LogP contribution is 2.20. The van der Waals surface area contributed by atoms with E-state index in [1.807, 2.05) is 24.3 Å². The molecule has 0 aromatic carbocycles. The number of anilines is 3. The van der Waals surface area contributed by atoms with Gasteiger partial charge in [-0.25, -0.2) is 15.0 Å². The van der Waals surface area contributed by atoms with Crippen molar-refractivity contribution in [2.75, 3.05) is 36.4 Å². The molecule has 0 spiro atoms. The van der Waals surface area contributed by atoms with Crippen LogP contribution in [-0.2, 0) is 0 Å². The predicted molar refractivity (Wildman–Crippen MR) is 104 cm³/mol. The van der Waals surface area contributed by atoms with Crippen LogP contribution in [0.5, 0.6) is 0 Å². The Hall–Kier alpha value is -2.94. The van der Waals surface area contributed by atoms with Gasteiger partial charge in [-0.05, 0) is 40.2 Å². The van der Waals surface area contributed by atoms with Crippen molar-refractivity contribution in [3.8, 4) is 0 Å². The van der Waals surface area contributed by atoms with Crippen molar-refractivity contribution in [3.63, 3.8) is 0 Å². The molecular formula is C18H17BrN6O2. The molecule has 1 saturated heterocycles. The molecule has 0 aliphatic carbocycles. The summed E-state index contributed by atoms with van der Waals surface area (Å²) >= 11 is 3.22. The molecule has 138 valence electrons. The monoisotopic (exact) mass is 428 g/mol. The van der Waals surface area contributed by atoms with Crippen LogP contribution in [0.3, 0.4) is 0 Å². The molecule has 3 aromatic heterocycles. The lowest BCUT2D eigenvalue weighted by Crippen LogP contribution is -2.49. The summed E-state index contributed by atoms with van der Waals surface area (Å²) < 4.78 is 5.91. The maximum Gasteiger partial charge on any atom is 0.289 e. The number of rotatable bonds is 4. The summed E-state index contributed by atoms with van der Waals surface area (Å²) in [5.74, 6) is 2.47. The molecule has 0 saturated carbocycles. The number of hydrogen-bond donors (Lipinski definition) is 1. The van der Waals surface area contributed by atoms with Gasteiger partial charge in [-0.1, -0.05) is 6.07 Å². The lowest BCUT2D eigenvalue weighted by atomic mass is 10.3. The normalized spacial score (nSPS) is 14.3. The largest absolute Gasteiger partial charge is 0.444 e. The van der Waals surface area contributed by atoms with Crippen LogP contribution >= 0.6 is 15.9 Å². The van der Waals surface area contributed by atoms with Crippen molar-refractivity contribution in [1.82, 2.24) is 19.9 Å². The van der Waals surface area contributed by atoms with Crippen LogP contribution in [0.2, 0.25) is 0 Å². The molecule has 4 heterocycles. The van der Waals surface area contributed by atoms with Gasteiger partial charge < -0.3 is 19.5 Å². The van der Waals surface area contributed by atoms with E-state index in [-0.39, 0.29) is 5.91 Å². The Labute approximate surface area is 164 Å². The highest BCUT2D eigenvalue weighted by atomic mass is 79.9. The van der Waals surface area contributed by atoms with Gasteiger partial charge >= 0.3 is 0 Å². The number of nitrogens with zero attached hydrogens (tertiary/aromatic N) is 5. The van der Waals surface area contributed by atoms with Crippen LogP contribution in [0.4, 0.5) is 17.5 Å². The Kier molecular flexibility index (Phi) is 5.01. The third-order valence-electron chi connectivity index (χ3n) is 4.25. The molecule has 1 amide bonds. The summed E-state index contributed by atoms with van der Waals surface area (Å²) in [5.41, 5.74) is 0. The third kappa shape index (κ3) is 4.08. The van der Waals surface area contributed by atoms with Crippen LogP contribution in [-0.4, -0.2) is 51.9 Å². The zero-order valence-corrected chi connectivity index (χ0v) is 16.0. The topological polar surface area (TPSA) is 87.4 Å². The minimum absolute atomic E-state index is 0.0967. The number of halogens is 1. The zero-order chi connectivity index (χ0) is 18.6. The molecule has 9 heteroatoms. The molecule has 0 unspecified atom stereocenters. The van der Waals surface area contributed by atoms with Gasteiger partial charge in [-0.15, -0.1) is 0 Å². The van der Waals surface area contributed by atoms with Crippen molar-refractivity contribution in [2.24, 2.45) is 0 Å². The summed E-state index contributed by atoms with van der Waals surface area (Å²) in [4.78, 5) is 29.2. The van der Waals surface area contributed by atoms with E-state index < -0.39 is 0 Å². The van der Waals surface area contributed by atoms with Crippen LogP contribution in [0.15, 0.2) is 58.0 Å². The van der Waals surface area contributed by atoms with E-state index in [4.69, 9.17) is 4.42 Å². The van der Waals surface area contributed by atoms with Gasteiger partial charge in [0.05, 0.1) is 0 Å². The predicted octanol–water partition coefficient (Wildman–Crippen LogP) is 2.93. The van der Waals surface area contributed by atoms with Crippen LogP contribution in [0, 0.1) is 0 Å². The van der Waals surface area contributed by atoms with E-state index in [1.165, 1.54) is 6.33 Å². The average Bonchev–Trinajstić information content (AvgIpc) is 3.15. The van der Waals surface area contributed by atoms with Crippen molar-refractivity contribution in [3.05, 3.63) is 59.4 Å². The molecule has 0 radical (unpaired) electrons. The number of carbonyl (C=O) groups excluding carboxylic acids is 1. The van der Waals surface area contributed by atoms with Crippen molar-refractivity contribution < 1.29 is 9.21 Å². The number of furan rings is 1. The molecule has 1 N–H and O–H groups in total. The van der Waals surface area contributed by atoms with Gasteiger partial charge in [-0.2, -0.15) is 0 Å². The minimum atomic E-state index is -0.0967. The maximum absolute atomic E-state index is 12.5. The lowest BCUT2D eigenvalue weighted by Gasteiger charge is -2.35. The van der Waals surface area contributed by atoms with Gasteiger partial charge in [0.15, 0.2) is 10.4 Å². The first-order valence-corrected chi connectivity index (χ1v) is 9.28. The molecule has 0 bridgehead atoms. The molecule has 0 atom stereocenters. The van der Waals surface area contributed by atoms with Crippen LogP contribution in [0.1, 0.15) is 10.6 Å². The molecule has 3 aromatic rings. The third-order valence-corrected chi connectivity index (χ3v) is 4.67. The number of hydrogen-bond acceptors (Lipinski definition) is 7. The smallest absolute Gasteiger partial charge is 0.289 e. The highest BCUT2D eigenvalue weighted by Gasteiger charge is 2.25. The minimum Gasteiger partial charge on any atom is -0.444 e. The van der Waals surface area contributed by atoms with Crippen molar-refractivity contribution in [1.29, 1.82) is 0 Å². The number of amides is 1. The summed E-state index contributed by atoms with van der Waals surface area (Å²) in [6, 6.07) is 10.9. The van der Waals surface area contributed by atoms with Crippen molar-refractivity contribution in [2.45, 2.75) is 0 Å². The van der Waals surface area contributed by atoms with E-state index >= 15 is 0 Å². The Morgan fingerprint density at radius 2 is 1.89 bits per heavy atom. The second-order valence-electron chi connectivity index (χ2n) is 5.98. The Bertz CT molecular complexity index is 924. The number of carbonyl (C=O) groups is 1. The fourth-order valence-electron chi connectivity index (χ4n) is 2.88. The first-order valence-electron chi connectivity index (χ1n) is 8.49. The summed E-state index contributed by atoms with van der Waals surface area (Å²) in [7, 11) is 0. The van der Waals surface area contributed by atoms with Gasteiger partial charge in [0, 0.05) is 38.4 Å². The first kappa shape index (κ1) is 17.5. The van der Waals surface area contributed by atoms with E-state index in [9.17, 15) is 4.79 Å². The fraction of sp³-hybridized carbons (Fsp3) is 0.222. The van der Waals surface area contributed by atoms with Gasteiger partial charge in [-0.3, -0.25) is 4.79 Å². The average molecular weight is 429 g/mol. The quantitative estimate of drug-likeness (QED) is 0.683. The van der Waals surface area contributed by atoms with Gasteiger partial charge in [0.2, 0.25) is 0 Å². The second-order valence-corrected chi connectivity index (χ2v) is 6.77. The molecule has 8 nitrogen and oxygen atoms in total. The number of pyridine rings is 1. The molecule has 1 aliphatic heterocycles. The summed E-state index contributed by atoms with van der Waals surface area (Å²) in [5, 5.41) is 3.16. The Morgan fingerprint density at radius 1 is 1.04 bits per heavy atom. The first-order chi connectivity index (χ1) is 13.2. The fourth-order valence-corrected chi connectivity index (χ4v) is 3.19. The van der Waals surface area contributed by atoms with E-state index in [0.717, 1.165) is 11.6 Å². The number of piperazine rings is 1. The van der Waals surface area contributed by atoms with E-state index in [1.54, 1.807) is 23.2 Å². The van der Waals surface area contributed by atoms with Crippen LogP contribution < -0.4 is 10.2 Å². The van der Waals surface area contributed by atoms with Gasteiger partial charge in [0.25, 0.3) is 5.91 Å². The molecular weight excluding hydrogens is 412 g/mol. The highest BCUT2D eigenvalue weighted by molar-refractivity contribution is 9.10. The second kappa shape index (κ2) is 7.75. The molecule has 27 heavy (non-hydrogen) atoms. The maximum atomic E-state index is 12.5. The standard InChI is InChI=1S/C18H17BrN6O2/c19-14-5-4-13(27-14)18(26)25-9-7-24(8-10-25)17-11-16(21-12-22-17)23-15-3-1-2-6-20-15/h1-6,11-12H,7-10H2,(H,20,21,22,23). The van der Waals surface area contributed by atoms with Crippen LogP contribution in [0.25, 0.3) is 0 Å². The molecule has 4 rings (SSSR count). The van der Waals surface area contributed by atoms with Gasteiger partial charge in [0.1, 0.15) is 23.8 Å². The molecule has 1 fully saturated rings. The zero-order valence-electron chi connectivity index (χ0n) is 14.4. The van der Waals surface area contributed by atoms with E-state index in [0.29, 0.717) is 42.4 Å². The van der Waals surface area contributed by atoms with E-state index in [2.05, 4.69) is 41.1 Å². The summed E-state index contributed by atoms with van der Waals surface area (Å²) in [6.07, 6.45) is 3.25. The summed E-state index contributed by atoms with van der Waals surface area (Å²) in [6.45, 7) is 2.58. The Balaban J connectivity index is 1.39.